The molecule has 7 heteroatoms. The molecule has 0 radical (unpaired) electrons. The molecule has 0 fully saturated rings. The number of carbonyl (C=O) groups is 1. The maximum atomic E-state index is 13.2. The number of rotatable bonds is 8. The van der Waals surface area contributed by atoms with E-state index in [1.807, 2.05) is 48.5 Å². The Bertz CT molecular complexity index is 1230. The first kappa shape index (κ1) is 22.8. The van der Waals surface area contributed by atoms with Crippen LogP contribution in [0.25, 0.3) is 22.5 Å². The van der Waals surface area contributed by atoms with Crippen molar-refractivity contribution in [3.8, 4) is 33.9 Å². The van der Waals surface area contributed by atoms with Gasteiger partial charge in [-0.05, 0) is 63.0 Å². The van der Waals surface area contributed by atoms with Crippen LogP contribution >= 0.6 is 15.9 Å². The van der Waals surface area contributed by atoms with E-state index in [0.29, 0.717) is 21.7 Å². The molecule has 1 unspecified atom stereocenters. The van der Waals surface area contributed by atoms with Gasteiger partial charge in [0.2, 0.25) is 5.78 Å². The first-order valence-corrected chi connectivity index (χ1v) is 10.9. The van der Waals surface area contributed by atoms with Crippen molar-refractivity contribution in [2.45, 2.75) is 6.10 Å². The number of Topliss-reactive ketones (excluding diaryl/α,β-unsaturated/α-hetero) is 1. The zero-order valence-electron chi connectivity index (χ0n) is 18.4. The predicted molar refractivity (Wildman–Crippen MR) is 129 cm³/mol. The summed E-state index contributed by atoms with van der Waals surface area (Å²) in [5, 5.41) is 0. The summed E-state index contributed by atoms with van der Waals surface area (Å²) in [7, 11) is 4.65. The molecule has 2 aromatic heterocycles. The molecule has 2 heterocycles. The lowest BCUT2D eigenvalue weighted by Gasteiger charge is -2.14. The number of hydrogen-bond acceptors (Lipinski definition) is 6. The van der Waals surface area contributed by atoms with Crippen LogP contribution in [0.4, 0.5) is 0 Å². The molecule has 0 aliphatic heterocycles. The predicted octanol–water partition coefficient (Wildman–Crippen LogP) is 6.36. The molecular formula is C26H22BrNO5. The number of ketones is 1. The van der Waals surface area contributed by atoms with Crippen LogP contribution in [0.2, 0.25) is 0 Å². The van der Waals surface area contributed by atoms with Crippen LogP contribution in [-0.4, -0.2) is 32.1 Å². The van der Waals surface area contributed by atoms with Crippen molar-refractivity contribution < 1.29 is 23.4 Å². The number of methoxy groups -OCH3 is 3. The van der Waals surface area contributed by atoms with Crippen LogP contribution in [-0.2, 0) is 4.74 Å². The van der Waals surface area contributed by atoms with Crippen molar-refractivity contribution >= 4 is 21.7 Å². The summed E-state index contributed by atoms with van der Waals surface area (Å²) in [6.07, 6.45) is 2.74. The number of nitrogens with zero attached hydrogens (tertiary/aromatic N) is 1. The average molecular weight is 508 g/mol. The number of furan rings is 1. The first-order valence-electron chi connectivity index (χ1n) is 10.1. The lowest BCUT2D eigenvalue weighted by Crippen LogP contribution is -2.14. The quantitative estimate of drug-likeness (QED) is 0.258. The summed E-state index contributed by atoms with van der Waals surface area (Å²) in [6.45, 7) is 0. The Morgan fingerprint density at radius 2 is 1.61 bits per heavy atom. The highest BCUT2D eigenvalue weighted by Crippen LogP contribution is 2.39. The van der Waals surface area contributed by atoms with Gasteiger partial charge in [-0.15, -0.1) is 0 Å². The third kappa shape index (κ3) is 4.69. The third-order valence-electron chi connectivity index (χ3n) is 5.26. The number of carbonyl (C=O) groups excluding carboxylic acids is 1. The van der Waals surface area contributed by atoms with Crippen LogP contribution in [0.5, 0.6) is 11.5 Å². The van der Waals surface area contributed by atoms with Gasteiger partial charge < -0.3 is 18.6 Å². The fourth-order valence-electron chi connectivity index (χ4n) is 3.54. The highest BCUT2D eigenvalue weighted by atomic mass is 79.9. The maximum Gasteiger partial charge on any atom is 0.231 e. The molecule has 6 nitrogen and oxygen atoms in total. The Hall–Kier alpha value is -3.42. The van der Waals surface area contributed by atoms with E-state index in [2.05, 4.69) is 20.9 Å². The molecule has 0 N–H and O–H groups in total. The number of halogens is 1. The minimum absolute atomic E-state index is 0.203. The number of hydrogen-bond donors (Lipinski definition) is 0. The molecule has 33 heavy (non-hydrogen) atoms. The minimum atomic E-state index is -0.791. The summed E-state index contributed by atoms with van der Waals surface area (Å²) < 4.78 is 22.9. The lowest BCUT2D eigenvalue weighted by atomic mass is 10.00. The van der Waals surface area contributed by atoms with Gasteiger partial charge in [-0.25, -0.2) is 0 Å². The maximum absolute atomic E-state index is 13.2. The molecule has 1 atom stereocenters. The second-order valence-corrected chi connectivity index (χ2v) is 8.00. The number of benzene rings is 2. The molecule has 0 amide bonds. The van der Waals surface area contributed by atoms with Gasteiger partial charge in [0.05, 0.1) is 14.2 Å². The molecule has 0 saturated carbocycles. The second kappa shape index (κ2) is 10.0. The van der Waals surface area contributed by atoms with E-state index < -0.39 is 6.10 Å². The van der Waals surface area contributed by atoms with E-state index in [0.717, 1.165) is 22.3 Å². The molecule has 0 aliphatic carbocycles. The molecule has 4 aromatic rings. The molecular weight excluding hydrogens is 486 g/mol. The van der Waals surface area contributed by atoms with Crippen molar-refractivity contribution in [1.29, 1.82) is 0 Å². The van der Waals surface area contributed by atoms with Gasteiger partial charge in [0.25, 0.3) is 0 Å². The fourth-order valence-corrected chi connectivity index (χ4v) is 4.10. The monoisotopic (exact) mass is 507 g/mol. The van der Waals surface area contributed by atoms with Crippen LogP contribution in [0.1, 0.15) is 22.2 Å². The normalized spacial score (nSPS) is 11.8. The van der Waals surface area contributed by atoms with Crippen molar-refractivity contribution in [2.24, 2.45) is 0 Å². The van der Waals surface area contributed by atoms with Crippen molar-refractivity contribution in [3.05, 3.63) is 88.9 Å². The first-order chi connectivity index (χ1) is 16.0. The standard InChI is InChI=1S/C26H22BrNO5/c1-30-22-13-19(14-23(31-2)24(22)27)20-10-11-21(33-20)25(29)26(32-3)17-8-6-16(7-9-17)18-5-4-12-28-15-18/h4-15,26H,1-3H3. The topological polar surface area (TPSA) is 70.8 Å². The van der Waals surface area contributed by atoms with E-state index in [4.69, 9.17) is 18.6 Å². The summed E-state index contributed by atoms with van der Waals surface area (Å²) in [5.74, 6) is 1.64. The Kier molecular flexibility index (Phi) is 6.91. The highest BCUT2D eigenvalue weighted by Gasteiger charge is 2.25. The van der Waals surface area contributed by atoms with E-state index in [9.17, 15) is 4.79 Å². The Morgan fingerprint density at radius 1 is 0.909 bits per heavy atom. The number of pyridine rings is 1. The summed E-state index contributed by atoms with van der Waals surface area (Å²) in [5.41, 5.74) is 3.47. The van der Waals surface area contributed by atoms with E-state index in [1.165, 1.54) is 7.11 Å². The summed E-state index contributed by atoms with van der Waals surface area (Å²) in [6, 6.07) is 18.5. The highest BCUT2D eigenvalue weighted by molar-refractivity contribution is 9.10. The Balaban J connectivity index is 1.59. The second-order valence-electron chi connectivity index (χ2n) is 7.20. The number of ether oxygens (including phenoxy) is 3. The lowest BCUT2D eigenvalue weighted by molar-refractivity contribution is 0.0577. The SMILES string of the molecule is COc1cc(-c2ccc(C(=O)C(OC)c3ccc(-c4cccnc4)cc3)o2)cc(OC)c1Br. The van der Waals surface area contributed by atoms with Crippen LogP contribution in [0.15, 0.2) is 81.9 Å². The van der Waals surface area contributed by atoms with Gasteiger partial charge in [0.1, 0.15) is 27.8 Å². The molecule has 0 saturated heterocycles. The van der Waals surface area contributed by atoms with Gasteiger partial charge in [-0.3, -0.25) is 9.78 Å². The van der Waals surface area contributed by atoms with Crippen molar-refractivity contribution in [2.75, 3.05) is 21.3 Å². The molecule has 0 aliphatic rings. The van der Waals surface area contributed by atoms with Crippen LogP contribution in [0, 0.1) is 0 Å². The third-order valence-corrected chi connectivity index (χ3v) is 6.04. The van der Waals surface area contributed by atoms with E-state index in [1.54, 1.807) is 38.7 Å². The molecule has 0 bridgehead atoms. The number of aromatic nitrogens is 1. The van der Waals surface area contributed by atoms with Crippen LogP contribution in [0.3, 0.4) is 0 Å². The zero-order chi connectivity index (χ0) is 23.4. The zero-order valence-corrected chi connectivity index (χ0v) is 20.0. The summed E-state index contributed by atoms with van der Waals surface area (Å²) >= 11 is 3.46. The largest absolute Gasteiger partial charge is 0.495 e. The van der Waals surface area contributed by atoms with Crippen molar-refractivity contribution in [3.63, 3.8) is 0 Å². The van der Waals surface area contributed by atoms with E-state index >= 15 is 0 Å². The molecule has 168 valence electrons. The van der Waals surface area contributed by atoms with Gasteiger partial charge in [-0.2, -0.15) is 0 Å². The smallest absolute Gasteiger partial charge is 0.231 e. The van der Waals surface area contributed by atoms with Gasteiger partial charge in [0.15, 0.2) is 5.76 Å². The van der Waals surface area contributed by atoms with Gasteiger partial charge >= 0.3 is 0 Å². The van der Waals surface area contributed by atoms with Gasteiger partial charge in [0, 0.05) is 25.1 Å². The van der Waals surface area contributed by atoms with Crippen LogP contribution < -0.4 is 9.47 Å². The average Bonchev–Trinajstić information content (AvgIpc) is 3.36. The van der Waals surface area contributed by atoms with E-state index in [-0.39, 0.29) is 11.5 Å². The van der Waals surface area contributed by atoms with Gasteiger partial charge in [-0.1, -0.05) is 30.3 Å². The Morgan fingerprint density at radius 3 is 2.18 bits per heavy atom. The Labute approximate surface area is 200 Å². The minimum Gasteiger partial charge on any atom is -0.495 e. The molecule has 0 spiro atoms. The molecule has 4 rings (SSSR count). The fraction of sp³-hybridized carbons (Fsp3) is 0.154. The van der Waals surface area contributed by atoms with Crippen molar-refractivity contribution in [1.82, 2.24) is 4.98 Å². The molecule has 2 aromatic carbocycles. The summed E-state index contributed by atoms with van der Waals surface area (Å²) in [4.78, 5) is 17.3.